The molecule has 30 heavy (non-hydrogen) atoms. The second-order valence-electron chi connectivity index (χ2n) is 7.44. The number of ether oxygens (including phenoxy) is 1. The molecule has 2 aromatic carbocycles. The van der Waals surface area contributed by atoms with Gasteiger partial charge < -0.3 is 10.1 Å². The summed E-state index contributed by atoms with van der Waals surface area (Å²) in [6.45, 7) is 4.60. The van der Waals surface area contributed by atoms with Gasteiger partial charge in [0.1, 0.15) is 24.4 Å². The molecule has 1 amide bonds. The highest BCUT2D eigenvalue weighted by Gasteiger charge is 2.14. The van der Waals surface area contributed by atoms with Gasteiger partial charge in [-0.1, -0.05) is 48.0 Å². The minimum absolute atomic E-state index is 0.0318. The summed E-state index contributed by atoms with van der Waals surface area (Å²) in [4.78, 5) is 16.7. The van der Waals surface area contributed by atoms with Gasteiger partial charge in [-0.25, -0.2) is 9.50 Å². The van der Waals surface area contributed by atoms with E-state index < -0.39 is 0 Å². The van der Waals surface area contributed by atoms with E-state index in [1.165, 1.54) is 11.9 Å². The van der Waals surface area contributed by atoms with E-state index in [0.717, 1.165) is 23.3 Å². The van der Waals surface area contributed by atoms with Crippen LogP contribution in [0.5, 0.6) is 5.75 Å². The Morgan fingerprint density at radius 3 is 2.53 bits per heavy atom. The summed E-state index contributed by atoms with van der Waals surface area (Å²) in [7, 11) is 0. The SMILES string of the molecule is Cc1ccc(COc2ccc(CC(C)NC(=O)c3cccc4ncnn34)cc2)cc1. The van der Waals surface area contributed by atoms with Crippen molar-refractivity contribution >= 4 is 11.6 Å². The van der Waals surface area contributed by atoms with Crippen molar-refractivity contribution < 1.29 is 9.53 Å². The van der Waals surface area contributed by atoms with Crippen molar-refractivity contribution in [2.45, 2.75) is 32.9 Å². The normalized spacial score (nSPS) is 11.9. The van der Waals surface area contributed by atoms with Gasteiger partial charge in [-0.15, -0.1) is 0 Å². The lowest BCUT2D eigenvalue weighted by atomic mass is 10.1. The Kier molecular flexibility index (Phi) is 5.75. The maximum atomic E-state index is 12.6. The molecule has 0 aliphatic carbocycles. The van der Waals surface area contributed by atoms with Gasteiger partial charge in [0.2, 0.25) is 0 Å². The Labute approximate surface area is 175 Å². The van der Waals surface area contributed by atoms with Gasteiger partial charge in [-0.3, -0.25) is 4.79 Å². The zero-order valence-electron chi connectivity index (χ0n) is 17.1. The third-order valence-electron chi connectivity index (χ3n) is 4.90. The molecule has 0 fully saturated rings. The minimum Gasteiger partial charge on any atom is -0.489 e. The molecule has 2 aromatic heterocycles. The fourth-order valence-electron chi connectivity index (χ4n) is 3.29. The molecular formula is C24H24N4O2. The highest BCUT2D eigenvalue weighted by molar-refractivity contribution is 5.93. The van der Waals surface area contributed by atoms with Crippen LogP contribution in [-0.2, 0) is 13.0 Å². The Hall–Kier alpha value is -3.67. The van der Waals surface area contributed by atoms with Crippen LogP contribution < -0.4 is 10.1 Å². The molecule has 4 rings (SSSR count). The molecule has 0 saturated carbocycles. The average Bonchev–Trinajstić information content (AvgIpc) is 3.23. The molecular weight excluding hydrogens is 376 g/mol. The lowest BCUT2D eigenvalue weighted by Crippen LogP contribution is -2.35. The molecule has 2 heterocycles. The number of aromatic nitrogens is 3. The molecule has 0 saturated heterocycles. The van der Waals surface area contributed by atoms with E-state index in [0.29, 0.717) is 17.9 Å². The van der Waals surface area contributed by atoms with Crippen LogP contribution in [0.15, 0.2) is 73.1 Å². The number of benzene rings is 2. The fraction of sp³-hybridized carbons (Fsp3) is 0.208. The van der Waals surface area contributed by atoms with Crippen LogP contribution in [0.1, 0.15) is 34.1 Å². The summed E-state index contributed by atoms with van der Waals surface area (Å²) in [6, 6.07) is 21.6. The first-order valence-corrected chi connectivity index (χ1v) is 9.95. The number of amides is 1. The fourth-order valence-corrected chi connectivity index (χ4v) is 3.29. The Morgan fingerprint density at radius 2 is 1.77 bits per heavy atom. The third-order valence-corrected chi connectivity index (χ3v) is 4.90. The first-order valence-electron chi connectivity index (χ1n) is 9.95. The summed E-state index contributed by atoms with van der Waals surface area (Å²) in [5.41, 5.74) is 4.63. The number of nitrogens with zero attached hydrogens (tertiary/aromatic N) is 3. The molecule has 6 heteroatoms. The number of hydrogen-bond donors (Lipinski definition) is 1. The van der Waals surface area contributed by atoms with Crippen LogP contribution in [0.3, 0.4) is 0 Å². The van der Waals surface area contributed by atoms with Crippen molar-refractivity contribution in [1.29, 1.82) is 0 Å². The van der Waals surface area contributed by atoms with Crippen LogP contribution in [0.25, 0.3) is 5.65 Å². The molecule has 0 bridgehead atoms. The first kappa shape index (κ1) is 19.6. The largest absolute Gasteiger partial charge is 0.489 e. The number of carbonyl (C=O) groups excluding carboxylic acids is 1. The molecule has 1 N–H and O–H groups in total. The summed E-state index contributed by atoms with van der Waals surface area (Å²) < 4.78 is 7.41. The average molecular weight is 400 g/mol. The van der Waals surface area contributed by atoms with Crippen LogP contribution in [0.2, 0.25) is 0 Å². The smallest absolute Gasteiger partial charge is 0.270 e. The quantitative estimate of drug-likeness (QED) is 0.510. The van der Waals surface area contributed by atoms with Crippen molar-refractivity contribution in [3.63, 3.8) is 0 Å². The highest BCUT2D eigenvalue weighted by atomic mass is 16.5. The molecule has 0 radical (unpaired) electrons. The number of fused-ring (bicyclic) bond motifs is 1. The third kappa shape index (κ3) is 4.66. The van der Waals surface area contributed by atoms with Crippen molar-refractivity contribution in [2.75, 3.05) is 0 Å². The Morgan fingerprint density at radius 1 is 1.03 bits per heavy atom. The van der Waals surface area contributed by atoms with Gasteiger partial charge in [0.05, 0.1) is 0 Å². The molecule has 6 nitrogen and oxygen atoms in total. The van der Waals surface area contributed by atoms with Gasteiger partial charge in [0.25, 0.3) is 5.91 Å². The minimum atomic E-state index is -0.170. The number of hydrogen-bond acceptors (Lipinski definition) is 4. The van der Waals surface area contributed by atoms with E-state index in [1.807, 2.05) is 37.3 Å². The molecule has 1 atom stereocenters. The zero-order valence-corrected chi connectivity index (χ0v) is 17.1. The number of aryl methyl sites for hydroxylation is 1. The number of carbonyl (C=O) groups is 1. The summed E-state index contributed by atoms with van der Waals surface area (Å²) in [6.07, 6.45) is 2.16. The maximum Gasteiger partial charge on any atom is 0.270 e. The van der Waals surface area contributed by atoms with E-state index in [-0.39, 0.29) is 11.9 Å². The second-order valence-corrected chi connectivity index (χ2v) is 7.44. The Balaban J connectivity index is 1.32. The zero-order chi connectivity index (χ0) is 20.9. The predicted molar refractivity (Wildman–Crippen MR) is 116 cm³/mol. The van der Waals surface area contributed by atoms with Crippen molar-refractivity contribution in [2.24, 2.45) is 0 Å². The van der Waals surface area contributed by atoms with Gasteiger partial charge in [-0.2, -0.15) is 5.10 Å². The summed E-state index contributed by atoms with van der Waals surface area (Å²) >= 11 is 0. The van der Waals surface area contributed by atoms with E-state index >= 15 is 0 Å². The maximum absolute atomic E-state index is 12.6. The number of pyridine rings is 1. The van der Waals surface area contributed by atoms with Crippen LogP contribution in [0, 0.1) is 6.92 Å². The van der Waals surface area contributed by atoms with E-state index in [2.05, 4.69) is 46.6 Å². The lowest BCUT2D eigenvalue weighted by Gasteiger charge is -2.15. The van der Waals surface area contributed by atoms with Gasteiger partial charge in [0.15, 0.2) is 5.65 Å². The standard InChI is InChI=1S/C24H24N4O2/c1-17-6-8-20(9-7-17)15-30-21-12-10-19(11-13-21)14-18(2)27-24(29)22-4-3-5-23-25-16-26-28(22)23/h3-13,16,18H,14-15H2,1-2H3,(H,27,29). The second kappa shape index (κ2) is 8.78. The van der Waals surface area contributed by atoms with Gasteiger partial charge in [0, 0.05) is 6.04 Å². The van der Waals surface area contributed by atoms with Crippen molar-refractivity contribution in [3.8, 4) is 5.75 Å². The number of rotatable bonds is 7. The van der Waals surface area contributed by atoms with Crippen molar-refractivity contribution in [1.82, 2.24) is 19.9 Å². The molecule has 152 valence electrons. The molecule has 4 aromatic rings. The van der Waals surface area contributed by atoms with Crippen LogP contribution >= 0.6 is 0 Å². The highest BCUT2D eigenvalue weighted by Crippen LogP contribution is 2.16. The van der Waals surface area contributed by atoms with Crippen LogP contribution in [0.4, 0.5) is 0 Å². The molecule has 0 aliphatic heterocycles. The molecule has 0 aliphatic rings. The summed E-state index contributed by atoms with van der Waals surface area (Å²) in [5.74, 6) is 0.658. The predicted octanol–water partition coefficient (Wildman–Crippen LogP) is 3.98. The van der Waals surface area contributed by atoms with Gasteiger partial charge >= 0.3 is 0 Å². The van der Waals surface area contributed by atoms with E-state index in [4.69, 9.17) is 4.74 Å². The molecule has 1 unspecified atom stereocenters. The van der Waals surface area contributed by atoms with E-state index in [1.54, 1.807) is 16.6 Å². The van der Waals surface area contributed by atoms with E-state index in [9.17, 15) is 4.79 Å². The first-order chi connectivity index (χ1) is 14.6. The van der Waals surface area contributed by atoms with Gasteiger partial charge in [-0.05, 0) is 55.7 Å². The van der Waals surface area contributed by atoms with Crippen LogP contribution in [-0.4, -0.2) is 26.5 Å². The lowest BCUT2D eigenvalue weighted by molar-refractivity contribution is 0.0932. The topological polar surface area (TPSA) is 68.5 Å². The monoisotopic (exact) mass is 400 g/mol. The van der Waals surface area contributed by atoms with Crippen molar-refractivity contribution in [3.05, 3.63) is 95.4 Å². The molecule has 0 spiro atoms. The summed E-state index contributed by atoms with van der Waals surface area (Å²) in [5, 5.41) is 7.15. The number of nitrogens with one attached hydrogen (secondary N) is 1. The Bertz CT molecular complexity index is 1130.